The molecule has 0 aliphatic carbocycles. The molecule has 0 saturated carbocycles. The van der Waals surface area contributed by atoms with Gasteiger partial charge in [-0.05, 0) is 56.2 Å². The van der Waals surface area contributed by atoms with Crippen LogP contribution in [0.2, 0.25) is 0 Å². The predicted molar refractivity (Wildman–Crippen MR) is 157 cm³/mol. The first kappa shape index (κ1) is 28.7. The van der Waals surface area contributed by atoms with E-state index in [0.717, 1.165) is 18.1 Å². The highest BCUT2D eigenvalue weighted by Gasteiger charge is 2.24. The summed E-state index contributed by atoms with van der Waals surface area (Å²) in [5.41, 5.74) is 3.75. The van der Waals surface area contributed by atoms with E-state index in [4.69, 9.17) is 19.7 Å². The molecule has 12 heteroatoms. The van der Waals surface area contributed by atoms with E-state index in [-0.39, 0.29) is 47.4 Å². The molecule has 222 valence electrons. The first-order valence-corrected chi connectivity index (χ1v) is 13.9. The second-order valence-corrected chi connectivity index (χ2v) is 10.6. The van der Waals surface area contributed by atoms with Crippen molar-refractivity contribution in [3.63, 3.8) is 0 Å². The van der Waals surface area contributed by atoms with E-state index in [1.54, 1.807) is 43.5 Å². The van der Waals surface area contributed by atoms with E-state index in [0.29, 0.717) is 46.8 Å². The van der Waals surface area contributed by atoms with Gasteiger partial charge in [0.25, 0.3) is 5.56 Å². The fourth-order valence-electron chi connectivity index (χ4n) is 5.14. The lowest BCUT2D eigenvalue weighted by Gasteiger charge is -2.27. The lowest BCUT2D eigenvalue weighted by Crippen LogP contribution is -2.33. The number of nitrogens with zero attached hydrogens (tertiary/aromatic N) is 6. The minimum absolute atomic E-state index is 0.0253. The Morgan fingerprint density at radius 3 is 2.73 bits per heavy atom. The monoisotopic (exact) mass is 594 g/mol. The number of carboxylic acid groups (broad SMARTS) is 1. The topological polar surface area (TPSA) is 145 Å². The van der Waals surface area contributed by atoms with Crippen LogP contribution < -0.4 is 10.3 Å². The standard InChI is InChI=1S/C32H27FN6O5/c1-18-10-22(32(41)42)12-27-30(18)37-28(38(27)15-23-8-9-43-23)16-39-31(40)19(2)24(14-35-39)26-4-3-5-29(36-26)44-17-21-7-6-20(13-34)11-25(21)33/h3-7,10-12,14,23H,8-9,15-17H2,1-2H3,(H,41,42). The zero-order valence-electron chi connectivity index (χ0n) is 24.0. The zero-order chi connectivity index (χ0) is 31.0. The molecule has 1 N–H and O–H groups in total. The van der Waals surface area contributed by atoms with Crippen LogP contribution in [-0.4, -0.2) is 48.1 Å². The molecule has 0 bridgehead atoms. The van der Waals surface area contributed by atoms with E-state index in [1.807, 2.05) is 17.6 Å². The predicted octanol–water partition coefficient (Wildman–Crippen LogP) is 4.40. The fourth-order valence-corrected chi connectivity index (χ4v) is 5.14. The molecule has 1 atom stereocenters. The largest absolute Gasteiger partial charge is 0.478 e. The number of hydrogen-bond donors (Lipinski definition) is 1. The molecule has 0 spiro atoms. The summed E-state index contributed by atoms with van der Waals surface area (Å²) in [6.45, 7) is 4.61. The molecule has 0 amide bonds. The van der Waals surface area contributed by atoms with Crippen LogP contribution in [0.25, 0.3) is 22.3 Å². The van der Waals surface area contributed by atoms with Crippen molar-refractivity contribution in [2.45, 2.75) is 46.1 Å². The molecule has 1 aliphatic heterocycles. The number of benzene rings is 2. The van der Waals surface area contributed by atoms with Crippen LogP contribution in [0.4, 0.5) is 4.39 Å². The molecule has 0 radical (unpaired) electrons. The lowest BCUT2D eigenvalue weighted by atomic mass is 10.1. The quantitative estimate of drug-likeness (QED) is 0.262. The molecule has 1 saturated heterocycles. The molecule has 1 fully saturated rings. The number of aromatic nitrogens is 5. The third-order valence-electron chi connectivity index (χ3n) is 7.68. The highest BCUT2D eigenvalue weighted by molar-refractivity contribution is 5.94. The number of ether oxygens (including phenoxy) is 2. The highest BCUT2D eigenvalue weighted by atomic mass is 19.1. The summed E-state index contributed by atoms with van der Waals surface area (Å²) < 4.78 is 28.9. The lowest BCUT2D eigenvalue weighted by molar-refractivity contribution is -0.0590. The van der Waals surface area contributed by atoms with Crippen LogP contribution in [0, 0.1) is 31.0 Å². The average Bonchev–Trinajstić information content (AvgIpc) is 3.34. The molecule has 4 heterocycles. The second-order valence-electron chi connectivity index (χ2n) is 10.6. The van der Waals surface area contributed by atoms with E-state index in [2.05, 4.69) is 10.1 Å². The number of halogens is 1. The van der Waals surface area contributed by atoms with Gasteiger partial charge in [0.15, 0.2) is 0 Å². The van der Waals surface area contributed by atoms with Crippen molar-refractivity contribution in [1.29, 1.82) is 5.26 Å². The Kier molecular flexibility index (Phi) is 7.63. The van der Waals surface area contributed by atoms with Crippen molar-refractivity contribution in [1.82, 2.24) is 24.3 Å². The molecule has 1 aliphatic rings. The Balaban J connectivity index is 1.28. The van der Waals surface area contributed by atoms with Crippen LogP contribution in [0.3, 0.4) is 0 Å². The van der Waals surface area contributed by atoms with E-state index in [1.165, 1.54) is 16.8 Å². The van der Waals surface area contributed by atoms with Crippen LogP contribution in [-0.2, 0) is 24.4 Å². The maximum atomic E-state index is 14.3. The van der Waals surface area contributed by atoms with E-state index in [9.17, 15) is 19.1 Å². The number of carbonyl (C=O) groups is 1. The van der Waals surface area contributed by atoms with E-state index < -0.39 is 11.8 Å². The van der Waals surface area contributed by atoms with Gasteiger partial charge in [0.2, 0.25) is 5.88 Å². The summed E-state index contributed by atoms with van der Waals surface area (Å²) in [5.74, 6) is -0.780. The van der Waals surface area contributed by atoms with Crippen molar-refractivity contribution >= 4 is 17.0 Å². The van der Waals surface area contributed by atoms with Crippen molar-refractivity contribution in [2.24, 2.45) is 0 Å². The first-order valence-electron chi connectivity index (χ1n) is 13.9. The van der Waals surface area contributed by atoms with Crippen molar-refractivity contribution in [3.05, 3.63) is 105 Å². The number of aromatic carboxylic acids is 1. The Labute approximate surface area is 250 Å². The summed E-state index contributed by atoms with van der Waals surface area (Å²) in [6, 6.07) is 14.3. The summed E-state index contributed by atoms with van der Waals surface area (Å²) >= 11 is 0. The van der Waals surface area contributed by atoms with E-state index >= 15 is 0 Å². The third kappa shape index (κ3) is 5.52. The van der Waals surface area contributed by atoms with Gasteiger partial charge in [-0.15, -0.1) is 0 Å². The molecule has 3 aromatic heterocycles. The fraction of sp³-hybridized carbons (Fsp3) is 0.250. The molecule has 1 unspecified atom stereocenters. The molecular weight excluding hydrogens is 567 g/mol. The molecule has 44 heavy (non-hydrogen) atoms. The molecular formula is C32H27FN6O5. The Morgan fingerprint density at radius 1 is 1.20 bits per heavy atom. The van der Waals surface area contributed by atoms with Crippen LogP contribution >= 0.6 is 0 Å². The molecule has 5 aromatic rings. The van der Waals surface area contributed by atoms with Crippen LogP contribution in [0.5, 0.6) is 5.88 Å². The van der Waals surface area contributed by atoms with Gasteiger partial charge < -0.3 is 19.1 Å². The summed E-state index contributed by atoms with van der Waals surface area (Å²) in [6.07, 6.45) is 2.41. The number of carboxylic acids is 1. The van der Waals surface area contributed by atoms with Gasteiger partial charge in [-0.1, -0.05) is 12.1 Å². The second kappa shape index (κ2) is 11.7. The van der Waals surface area contributed by atoms with Crippen LogP contribution in [0.15, 0.2) is 59.5 Å². The third-order valence-corrected chi connectivity index (χ3v) is 7.68. The Morgan fingerprint density at radius 2 is 2.02 bits per heavy atom. The normalized spacial score (nSPS) is 14.3. The number of pyridine rings is 1. The minimum Gasteiger partial charge on any atom is -0.478 e. The summed E-state index contributed by atoms with van der Waals surface area (Å²) in [4.78, 5) is 34.5. The van der Waals surface area contributed by atoms with Gasteiger partial charge >= 0.3 is 5.97 Å². The highest BCUT2D eigenvalue weighted by Crippen LogP contribution is 2.26. The number of nitriles is 1. The van der Waals surface area contributed by atoms with Crippen molar-refractivity contribution < 1.29 is 23.8 Å². The van der Waals surface area contributed by atoms with Crippen LogP contribution in [0.1, 0.15) is 44.9 Å². The van der Waals surface area contributed by atoms with Gasteiger partial charge in [-0.25, -0.2) is 23.8 Å². The Hall–Kier alpha value is -5.41. The van der Waals surface area contributed by atoms with Gasteiger partial charge in [0.1, 0.15) is 24.8 Å². The van der Waals surface area contributed by atoms with Gasteiger partial charge in [0, 0.05) is 29.4 Å². The average molecular weight is 595 g/mol. The number of imidazole rings is 1. The number of fused-ring (bicyclic) bond motifs is 1. The minimum atomic E-state index is -1.03. The molecule has 6 rings (SSSR count). The molecule has 11 nitrogen and oxygen atoms in total. The molecule has 2 aromatic carbocycles. The van der Waals surface area contributed by atoms with Gasteiger partial charge in [0.05, 0.1) is 52.8 Å². The smallest absolute Gasteiger partial charge is 0.335 e. The number of aryl methyl sites for hydroxylation is 1. The summed E-state index contributed by atoms with van der Waals surface area (Å²) in [7, 11) is 0. The van der Waals surface area contributed by atoms with Crippen molar-refractivity contribution in [2.75, 3.05) is 6.61 Å². The number of rotatable bonds is 9. The Bertz CT molecular complexity index is 2020. The number of hydrogen-bond acceptors (Lipinski definition) is 8. The first-order chi connectivity index (χ1) is 21.2. The van der Waals surface area contributed by atoms with Gasteiger partial charge in [-0.3, -0.25) is 4.79 Å². The maximum Gasteiger partial charge on any atom is 0.335 e. The SMILES string of the molecule is Cc1c(-c2cccc(OCc3ccc(C#N)cc3F)n2)cnn(Cc2nc3c(C)cc(C(=O)O)cc3n2CC2CCO2)c1=O. The zero-order valence-corrected chi connectivity index (χ0v) is 24.0. The van der Waals surface area contributed by atoms with Crippen molar-refractivity contribution in [3.8, 4) is 23.2 Å². The summed E-state index contributed by atoms with van der Waals surface area (Å²) in [5, 5.41) is 23.0. The maximum absolute atomic E-state index is 14.3. The van der Waals surface area contributed by atoms with Gasteiger partial charge in [-0.2, -0.15) is 10.4 Å².